The van der Waals surface area contributed by atoms with Gasteiger partial charge in [0.1, 0.15) is 35.1 Å². The van der Waals surface area contributed by atoms with Gasteiger partial charge in [0.25, 0.3) is 5.91 Å². The van der Waals surface area contributed by atoms with Crippen molar-refractivity contribution in [1.29, 1.82) is 0 Å². The van der Waals surface area contributed by atoms with Gasteiger partial charge in [0.05, 0.1) is 24.9 Å². The normalized spacial score (nSPS) is 23.9. The van der Waals surface area contributed by atoms with Crippen LogP contribution in [0.1, 0.15) is 77.8 Å². The number of carbonyl (C=O) groups is 5. The van der Waals surface area contributed by atoms with E-state index in [4.69, 9.17) is 14.2 Å². The molecule has 5 atom stereocenters. The molecule has 15 nitrogen and oxygen atoms in total. The van der Waals surface area contributed by atoms with Crippen LogP contribution in [0.2, 0.25) is 0 Å². The van der Waals surface area contributed by atoms with Crippen molar-refractivity contribution in [2.75, 3.05) is 19.8 Å². The van der Waals surface area contributed by atoms with E-state index < -0.39 is 86.2 Å². The zero-order valence-corrected chi connectivity index (χ0v) is 32.8. The quantitative estimate of drug-likeness (QED) is 0.175. The van der Waals surface area contributed by atoms with Gasteiger partial charge in [-0.3, -0.25) is 24.0 Å². The van der Waals surface area contributed by atoms with E-state index >= 15 is 0 Å². The summed E-state index contributed by atoms with van der Waals surface area (Å²) < 4.78 is 58.8. The lowest BCUT2D eigenvalue weighted by Crippen LogP contribution is -2.58. The molecule has 0 spiro atoms. The van der Waals surface area contributed by atoms with Gasteiger partial charge < -0.3 is 29.7 Å². The molecule has 2 saturated carbocycles. The second-order valence-electron chi connectivity index (χ2n) is 15.9. The van der Waals surface area contributed by atoms with Crippen LogP contribution in [-0.2, 0) is 51.7 Å². The van der Waals surface area contributed by atoms with Gasteiger partial charge in [-0.15, -0.1) is 6.58 Å². The summed E-state index contributed by atoms with van der Waals surface area (Å²) in [5.41, 5.74) is -1.53. The Kier molecular flexibility index (Phi) is 12.6. The number of hydrogen-bond acceptors (Lipinski definition) is 10. The molecular formula is C38H52FN5O10S. The van der Waals surface area contributed by atoms with Crippen LogP contribution in [0.25, 0.3) is 0 Å². The summed E-state index contributed by atoms with van der Waals surface area (Å²) in [5, 5.41) is 4.60. The summed E-state index contributed by atoms with van der Waals surface area (Å²) in [7, 11) is -3.95. The molecule has 1 aromatic rings. The molecule has 5 amide bonds. The third kappa shape index (κ3) is 10.4. The number of nitrogens with zero attached hydrogens (tertiary/aromatic N) is 2. The van der Waals surface area contributed by atoms with Gasteiger partial charge in [-0.2, -0.15) is 0 Å². The van der Waals surface area contributed by atoms with Crippen molar-refractivity contribution in [3.8, 4) is 0 Å². The van der Waals surface area contributed by atoms with Crippen LogP contribution in [0.5, 0.6) is 0 Å². The molecule has 2 aliphatic carbocycles. The largest absolute Gasteiger partial charge is 0.444 e. The molecule has 5 rings (SSSR count). The Bertz CT molecular complexity index is 1810. The predicted molar refractivity (Wildman–Crippen MR) is 198 cm³/mol. The van der Waals surface area contributed by atoms with Gasteiger partial charge in [-0.25, -0.2) is 22.4 Å². The molecule has 3 N–H and O–H groups in total. The molecule has 55 heavy (non-hydrogen) atoms. The number of nitrogens with one attached hydrogen (secondary N) is 3. The minimum absolute atomic E-state index is 0.00953. The maximum atomic E-state index is 14.4. The first kappa shape index (κ1) is 41.6. The van der Waals surface area contributed by atoms with Crippen molar-refractivity contribution < 1.29 is 51.0 Å². The van der Waals surface area contributed by atoms with E-state index in [1.54, 1.807) is 32.9 Å². The number of ether oxygens (including phenoxy) is 3. The van der Waals surface area contributed by atoms with Crippen molar-refractivity contribution in [3.63, 3.8) is 0 Å². The van der Waals surface area contributed by atoms with E-state index in [9.17, 15) is 36.8 Å². The van der Waals surface area contributed by atoms with Gasteiger partial charge in [0, 0.05) is 37.5 Å². The Morgan fingerprint density at radius 3 is 2.47 bits per heavy atom. The van der Waals surface area contributed by atoms with Crippen molar-refractivity contribution in [3.05, 3.63) is 60.0 Å². The number of amides is 5. The molecule has 0 bridgehead atoms. The molecular weight excluding hydrogens is 738 g/mol. The highest BCUT2D eigenvalue weighted by Gasteiger charge is 2.62. The third-order valence-electron chi connectivity index (χ3n) is 9.82. The van der Waals surface area contributed by atoms with Crippen LogP contribution in [0, 0.1) is 17.7 Å². The predicted octanol–water partition coefficient (Wildman–Crippen LogP) is 3.43. The fourth-order valence-electron chi connectivity index (χ4n) is 6.71. The molecule has 3 fully saturated rings. The van der Waals surface area contributed by atoms with E-state index in [-0.39, 0.29) is 52.1 Å². The fraction of sp³-hybridized carbons (Fsp3) is 0.605. The first-order valence-corrected chi connectivity index (χ1v) is 20.1. The number of carbonyl (C=O) groups excluding carboxylic acids is 5. The Balaban J connectivity index is 1.36. The minimum Gasteiger partial charge on any atom is -0.444 e. The summed E-state index contributed by atoms with van der Waals surface area (Å²) in [6.45, 7) is 12.9. The first-order chi connectivity index (χ1) is 25.8. The highest BCUT2D eigenvalue weighted by atomic mass is 32.2. The van der Waals surface area contributed by atoms with Crippen LogP contribution < -0.4 is 15.4 Å². The van der Waals surface area contributed by atoms with Gasteiger partial charge in [-0.05, 0) is 57.6 Å². The molecule has 1 saturated heterocycles. The Hall–Kier alpha value is -4.51. The molecule has 2 unspecified atom stereocenters. The van der Waals surface area contributed by atoms with Crippen molar-refractivity contribution in [2.45, 2.75) is 114 Å². The molecule has 1 aromatic carbocycles. The van der Waals surface area contributed by atoms with E-state index in [0.29, 0.717) is 29.9 Å². The highest BCUT2D eigenvalue weighted by molar-refractivity contribution is 7.91. The maximum absolute atomic E-state index is 14.4. The molecule has 4 aliphatic rings. The lowest BCUT2D eigenvalue weighted by Gasteiger charge is -2.30. The van der Waals surface area contributed by atoms with E-state index in [2.05, 4.69) is 21.9 Å². The van der Waals surface area contributed by atoms with Crippen LogP contribution in [0.4, 0.5) is 14.0 Å². The summed E-state index contributed by atoms with van der Waals surface area (Å²) in [5.74, 6) is -3.15. The van der Waals surface area contributed by atoms with Crippen LogP contribution in [0.3, 0.4) is 0 Å². The highest BCUT2D eigenvalue weighted by Crippen LogP contribution is 2.45. The Morgan fingerprint density at radius 2 is 1.85 bits per heavy atom. The van der Waals surface area contributed by atoms with Crippen LogP contribution >= 0.6 is 0 Å². The van der Waals surface area contributed by atoms with Gasteiger partial charge in [0.2, 0.25) is 21.8 Å². The van der Waals surface area contributed by atoms with Crippen LogP contribution in [0.15, 0.2) is 43.0 Å². The topological polar surface area (TPSA) is 190 Å². The maximum Gasteiger partial charge on any atom is 0.410 e. The zero-order chi connectivity index (χ0) is 40.3. The standard InChI is InChI=1S/C38H52FN5O10S/c1-7-25-19-38(25,34(47)42-55(50,51)27-13-14-27)41-32(45)31-18-26(53-36(49)43-20-24-11-8-12-29(39)28(24)22-43)21-44(31)33(46)30(40-35(48)54-37(4,5)6)15-17-52-16-9-10-23(2)3/h7-12,23,25-27,30-31H,1,13-22H2,2-6H3,(H,40,48)(H,41,45)(H,42,47)/b10-9+/t25?,26-,30+,31?,38-/m1/s1. The number of rotatable bonds is 15. The van der Waals surface area contributed by atoms with Gasteiger partial charge >= 0.3 is 12.2 Å². The summed E-state index contributed by atoms with van der Waals surface area (Å²) >= 11 is 0. The number of fused-ring (bicyclic) bond motifs is 1. The Morgan fingerprint density at radius 1 is 1.13 bits per heavy atom. The van der Waals surface area contributed by atoms with Crippen molar-refractivity contribution in [1.82, 2.24) is 25.2 Å². The van der Waals surface area contributed by atoms with E-state index in [1.807, 2.05) is 26.0 Å². The van der Waals surface area contributed by atoms with Gasteiger partial charge in [0.15, 0.2) is 0 Å². The second kappa shape index (κ2) is 16.7. The average Bonchev–Trinajstić information content (AvgIpc) is 3.98. The van der Waals surface area contributed by atoms with Crippen LogP contribution in [-0.4, -0.2) is 102 Å². The molecule has 0 aromatic heterocycles. The lowest BCUT2D eigenvalue weighted by atomic mass is 10.1. The first-order valence-electron chi connectivity index (χ1n) is 18.6. The van der Waals surface area contributed by atoms with Gasteiger partial charge in [-0.1, -0.05) is 44.2 Å². The number of allylic oxidation sites excluding steroid dienone is 1. The summed E-state index contributed by atoms with van der Waals surface area (Å²) in [6.07, 6.45) is 3.27. The van der Waals surface area contributed by atoms with Crippen molar-refractivity contribution in [2.24, 2.45) is 11.8 Å². The monoisotopic (exact) mass is 789 g/mol. The molecule has 2 aliphatic heterocycles. The summed E-state index contributed by atoms with van der Waals surface area (Å²) in [6, 6.07) is 2.00. The smallest absolute Gasteiger partial charge is 0.410 e. The van der Waals surface area contributed by atoms with Crippen molar-refractivity contribution >= 4 is 39.9 Å². The molecule has 0 radical (unpaired) electrons. The summed E-state index contributed by atoms with van der Waals surface area (Å²) in [4.78, 5) is 70.8. The second-order valence-corrected chi connectivity index (χ2v) is 17.9. The number of benzene rings is 1. The number of halogens is 1. The molecule has 2 heterocycles. The number of hydrogen-bond donors (Lipinski definition) is 3. The number of sulfonamides is 1. The molecule has 17 heteroatoms. The lowest BCUT2D eigenvalue weighted by molar-refractivity contribution is -0.141. The minimum atomic E-state index is -3.95. The number of alkyl carbamates (subject to hydrolysis) is 1. The van der Waals surface area contributed by atoms with E-state index in [1.165, 1.54) is 21.9 Å². The fourth-order valence-corrected chi connectivity index (χ4v) is 8.07. The molecule has 302 valence electrons. The van der Waals surface area contributed by atoms with E-state index in [0.717, 1.165) is 0 Å². The average molecular weight is 790 g/mol. The SMILES string of the molecule is C=CC1C[C@]1(NC(=O)C1C[C@@H](OC(=O)N2Cc3cccc(F)c3C2)CN1C(=O)[C@H](CCOC/C=C/C(C)C)NC(=O)OC(C)(C)C)C(=O)NS(=O)(=O)C1CC1. The number of likely N-dealkylation sites (tertiary alicyclic amines) is 1. The zero-order valence-electron chi connectivity index (χ0n) is 32.0. The Labute approximate surface area is 321 Å². The third-order valence-corrected chi connectivity index (χ3v) is 11.6.